The van der Waals surface area contributed by atoms with E-state index in [1.807, 2.05) is 12.1 Å². The zero-order chi connectivity index (χ0) is 17.7. The van der Waals surface area contributed by atoms with E-state index in [1.54, 1.807) is 0 Å². The van der Waals surface area contributed by atoms with Crippen LogP contribution in [0.15, 0.2) is 57.5 Å². The van der Waals surface area contributed by atoms with Crippen molar-refractivity contribution < 1.29 is 5.11 Å². The van der Waals surface area contributed by atoms with Gasteiger partial charge in [0.05, 0.1) is 0 Å². The van der Waals surface area contributed by atoms with E-state index < -0.39 is 0 Å². The van der Waals surface area contributed by atoms with E-state index in [2.05, 4.69) is 75.2 Å². The van der Waals surface area contributed by atoms with Gasteiger partial charge < -0.3 is 5.11 Å². The van der Waals surface area contributed by atoms with Crippen molar-refractivity contribution in [3.8, 4) is 5.75 Å². The Bertz CT molecular complexity index is 1400. The molecule has 3 heteroatoms. The molecule has 0 radical (unpaired) electrons. The van der Waals surface area contributed by atoms with E-state index in [-0.39, 0.29) is 0 Å². The SMILES string of the molecule is Cc1c2cccc3c(Br)cc4c(O)c5cccc6c(Br)cc1c(c65)c4c32. The van der Waals surface area contributed by atoms with E-state index in [4.69, 9.17) is 0 Å². The van der Waals surface area contributed by atoms with Crippen LogP contribution in [0.25, 0.3) is 53.9 Å². The summed E-state index contributed by atoms with van der Waals surface area (Å²) in [5.74, 6) is 0.360. The third kappa shape index (κ3) is 1.58. The fourth-order valence-corrected chi connectivity index (χ4v) is 5.78. The summed E-state index contributed by atoms with van der Waals surface area (Å²) in [6.07, 6.45) is 0. The van der Waals surface area contributed by atoms with Gasteiger partial charge in [0.1, 0.15) is 5.75 Å². The van der Waals surface area contributed by atoms with Crippen molar-refractivity contribution in [3.05, 3.63) is 63.0 Å². The summed E-state index contributed by atoms with van der Waals surface area (Å²) in [4.78, 5) is 0. The maximum Gasteiger partial charge on any atom is 0.131 e. The molecule has 0 aliphatic carbocycles. The highest BCUT2D eigenvalue weighted by molar-refractivity contribution is 9.11. The molecular formula is C23H12Br2O. The standard InChI is InChI=1S/C23H12Br2O/c1-10-11-4-2-5-12-18(25)9-16-22(19(11)12)21-15(10)8-17(24)13-6-3-7-14(20(13)21)23(16)26/h2-9,26H,1H3. The van der Waals surface area contributed by atoms with Crippen molar-refractivity contribution in [2.45, 2.75) is 6.92 Å². The topological polar surface area (TPSA) is 20.2 Å². The molecule has 0 spiro atoms. The fourth-order valence-electron chi connectivity index (χ4n) is 4.67. The Morgan fingerprint density at radius 3 is 1.81 bits per heavy atom. The summed E-state index contributed by atoms with van der Waals surface area (Å²) in [7, 11) is 0. The number of phenolic OH excluding ortho intramolecular Hbond substituents is 1. The van der Waals surface area contributed by atoms with Crippen LogP contribution in [0.5, 0.6) is 5.75 Å². The van der Waals surface area contributed by atoms with Gasteiger partial charge in [-0.05, 0) is 56.9 Å². The summed E-state index contributed by atoms with van der Waals surface area (Å²) in [6, 6.07) is 16.9. The summed E-state index contributed by atoms with van der Waals surface area (Å²) in [5.41, 5.74) is 1.28. The molecule has 0 fully saturated rings. The van der Waals surface area contributed by atoms with E-state index in [0.717, 1.165) is 35.9 Å². The second kappa shape index (κ2) is 4.79. The van der Waals surface area contributed by atoms with E-state index in [0.29, 0.717) is 5.75 Å². The molecule has 0 amide bonds. The van der Waals surface area contributed by atoms with Gasteiger partial charge in [0.15, 0.2) is 0 Å². The number of aryl methyl sites for hydroxylation is 1. The number of aromatic hydroxyl groups is 1. The van der Waals surface area contributed by atoms with Crippen molar-refractivity contribution in [1.82, 2.24) is 0 Å². The Labute approximate surface area is 166 Å². The minimum atomic E-state index is 0.360. The fraction of sp³-hybridized carbons (Fsp3) is 0.0435. The second-order valence-electron chi connectivity index (χ2n) is 6.99. The first-order chi connectivity index (χ1) is 12.6. The van der Waals surface area contributed by atoms with Crippen LogP contribution in [0.3, 0.4) is 0 Å². The molecule has 0 unspecified atom stereocenters. The van der Waals surface area contributed by atoms with Crippen LogP contribution in [-0.4, -0.2) is 5.11 Å². The van der Waals surface area contributed by atoms with Gasteiger partial charge in [0.2, 0.25) is 0 Å². The highest BCUT2D eigenvalue weighted by Crippen LogP contribution is 2.51. The summed E-state index contributed by atoms with van der Waals surface area (Å²) in [5, 5.41) is 22.6. The van der Waals surface area contributed by atoms with Gasteiger partial charge in [-0.25, -0.2) is 0 Å². The molecule has 1 N–H and O–H groups in total. The van der Waals surface area contributed by atoms with Crippen LogP contribution in [0.1, 0.15) is 5.56 Å². The van der Waals surface area contributed by atoms with Gasteiger partial charge in [0.25, 0.3) is 0 Å². The maximum absolute atomic E-state index is 11.1. The molecule has 6 aromatic carbocycles. The molecule has 0 aliphatic rings. The molecule has 1 nitrogen and oxygen atoms in total. The number of halogens is 2. The zero-order valence-electron chi connectivity index (χ0n) is 13.8. The van der Waals surface area contributed by atoms with E-state index in [9.17, 15) is 5.11 Å². The molecule has 26 heavy (non-hydrogen) atoms. The highest BCUT2D eigenvalue weighted by atomic mass is 79.9. The largest absolute Gasteiger partial charge is 0.507 e. The normalized spacial score (nSPS) is 12.6. The van der Waals surface area contributed by atoms with Gasteiger partial charge in [-0.3, -0.25) is 0 Å². The quantitative estimate of drug-likeness (QED) is 0.179. The summed E-state index contributed by atoms with van der Waals surface area (Å²) >= 11 is 7.48. The first kappa shape index (κ1) is 15.0. The molecule has 0 aromatic heterocycles. The van der Waals surface area contributed by atoms with Crippen molar-refractivity contribution in [2.75, 3.05) is 0 Å². The van der Waals surface area contributed by atoms with Crippen LogP contribution < -0.4 is 0 Å². The monoisotopic (exact) mass is 462 g/mol. The number of phenols is 1. The molecule has 124 valence electrons. The molecule has 0 saturated heterocycles. The smallest absolute Gasteiger partial charge is 0.131 e. The second-order valence-corrected chi connectivity index (χ2v) is 8.70. The number of hydrogen-bond donors (Lipinski definition) is 1. The number of hydrogen-bond acceptors (Lipinski definition) is 1. The number of rotatable bonds is 0. The Morgan fingerprint density at radius 1 is 0.615 bits per heavy atom. The Kier molecular flexibility index (Phi) is 2.76. The first-order valence-electron chi connectivity index (χ1n) is 8.49. The summed E-state index contributed by atoms with van der Waals surface area (Å²) < 4.78 is 2.08. The molecule has 6 rings (SSSR count). The molecule has 0 bridgehead atoms. The summed E-state index contributed by atoms with van der Waals surface area (Å²) in [6.45, 7) is 2.20. The Morgan fingerprint density at radius 2 is 1.12 bits per heavy atom. The lowest BCUT2D eigenvalue weighted by atomic mass is 9.84. The van der Waals surface area contributed by atoms with E-state index in [1.165, 1.54) is 32.5 Å². The Hall–Kier alpha value is -2.10. The lowest BCUT2D eigenvalue weighted by Crippen LogP contribution is -1.94. The van der Waals surface area contributed by atoms with E-state index >= 15 is 0 Å². The predicted molar refractivity (Wildman–Crippen MR) is 118 cm³/mol. The third-order valence-electron chi connectivity index (χ3n) is 5.79. The van der Waals surface area contributed by atoms with Crippen LogP contribution in [-0.2, 0) is 0 Å². The number of benzene rings is 6. The van der Waals surface area contributed by atoms with Gasteiger partial charge in [-0.2, -0.15) is 0 Å². The van der Waals surface area contributed by atoms with Crippen molar-refractivity contribution in [2.24, 2.45) is 0 Å². The molecule has 6 aromatic rings. The van der Waals surface area contributed by atoms with Gasteiger partial charge in [-0.1, -0.05) is 68.3 Å². The van der Waals surface area contributed by atoms with Crippen LogP contribution in [0.2, 0.25) is 0 Å². The van der Waals surface area contributed by atoms with Gasteiger partial charge in [0, 0.05) is 30.5 Å². The lowest BCUT2D eigenvalue weighted by molar-refractivity contribution is 0.488. The molecule has 0 atom stereocenters. The molecule has 0 heterocycles. The van der Waals surface area contributed by atoms with Crippen molar-refractivity contribution >= 4 is 85.7 Å². The lowest BCUT2D eigenvalue weighted by Gasteiger charge is -2.21. The Balaban J connectivity index is 2.18. The van der Waals surface area contributed by atoms with Crippen LogP contribution >= 0.6 is 31.9 Å². The maximum atomic E-state index is 11.1. The molecule has 0 aliphatic heterocycles. The predicted octanol–water partition coefficient (Wildman–Crippen LogP) is 7.87. The average Bonchev–Trinajstić information content (AvgIpc) is 2.65. The van der Waals surface area contributed by atoms with Gasteiger partial charge >= 0.3 is 0 Å². The van der Waals surface area contributed by atoms with Gasteiger partial charge in [-0.15, -0.1) is 0 Å². The minimum Gasteiger partial charge on any atom is -0.507 e. The van der Waals surface area contributed by atoms with Crippen molar-refractivity contribution in [1.29, 1.82) is 0 Å². The van der Waals surface area contributed by atoms with Crippen molar-refractivity contribution in [3.63, 3.8) is 0 Å². The third-order valence-corrected chi connectivity index (χ3v) is 7.10. The molecule has 0 saturated carbocycles. The molecular weight excluding hydrogens is 452 g/mol. The van der Waals surface area contributed by atoms with Crippen LogP contribution in [0.4, 0.5) is 0 Å². The van der Waals surface area contributed by atoms with Crippen LogP contribution in [0, 0.1) is 6.92 Å². The minimum absolute atomic E-state index is 0.360. The first-order valence-corrected chi connectivity index (χ1v) is 10.1. The zero-order valence-corrected chi connectivity index (χ0v) is 17.0. The highest BCUT2D eigenvalue weighted by Gasteiger charge is 2.22. The average molecular weight is 464 g/mol.